The maximum absolute atomic E-state index is 9.63. The molecule has 0 bridgehead atoms. The summed E-state index contributed by atoms with van der Waals surface area (Å²) in [6.45, 7) is 5.57. The van der Waals surface area contributed by atoms with Crippen molar-refractivity contribution >= 4 is 0 Å². The summed E-state index contributed by atoms with van der Waals surface area (Å²) < 4.78 is 0. The third-order valence-corrected chi connectivity index (χ3v) is 2.57. The first kappa shape index (κ1) is 7.76. The van der Waals surface area contributed by atoms with Crippen molar-refractivity contribution in [2.24, 2.45) is 5.92 Å². The first-order valence-corrected chi connectivity index (χ1v) is 3.61. The molecule has 2 N–H and O–H groups in total. The van der Waals surface area contributed by atoms with Crippen molar-refractivity contribution in [3.8, 4) is 0 Å². The second-order valence-electron chi connectivity index (χ2n) is 3.14. The van der Waals surface area contributed by atoms with E-state index < -0.39 is 5.60 Å². The average molecular weight is 142 g/mol. The van der Waals surface area contributed by atoms with Crippen LogP contribution in [0.2, 0.25) is 0 Å². The van der Waals surface area contributed by atoms with Crippen LogP contribution in [0.1, 0.15) is 19.8 Å². The minimum Gasteiger partial charge on any atom is -0.393 e. The molecule has 1 aliphatic carbocycles. The van der Waals surface area contributed by atoms with E-state index in [1.165, 1.54) is 0 Å². The molecular formula is C8H14O2. The molecule has 0 aromatic heterocycles. The molecule has 0 spiro atoms. The summed E-state index contributed by atoms with van der Waals surface area (Å²) in [5.74, 6) is 0.0532. The van der Waals surface area contributed by atoms with Gasteiger partial charge in [0.05, 0.1) is 12.2 Å². The van der Waals surface area contributed by atoms with E-state index in [1.54, 1.807) is 0 Å². The van der Waals surface area contributed by atoms with Gasteiger partial charge in [-0.15, -0.1) is 0 Å². The van der Waals surface area contributed by atoms with E-state index in [-0.39, 0.29) is 12.5 Å². The van der Waals surface area contributed by atoms with Crippen LogP contribution < -0.4 is 0 Å². The van der Waals surface area contributed by atoms with Gasteiger partial charge in [0.25, 0.3) is 0 Å². The Balaban J connectivity index is 2.73. The van der Waals surface area contributed by atoms with Gasteiger partial charge in [-0.05, 0) is 12.8 Å². The fourth-order valence-corrected chi connectivity index (χ4v) is 1.41. The molecule has 1 saturated carbocycles. The monoisotopic (exact) mass is 142 g/mol. The van der Waals surface area contributed by atoms with Gasteiger partial charge in [-0.2, -0.15) is 0 Å². The topological polar surface area (TPSA) is 40.5 Å². The maximum atomic E-state index is 9.63. The molecule has 1 fully saturated rings. The van der Waals surface area contributed by atoms with Gasteiger partial charge in [0.2, 0.25) is 0 Å². The SMILES string of the molecule is C=C1CC[C@@](O)(CO)[C@@H]1C. The lowest BCUT2D eigenvalue weighted by Crippen LogP contribution is -2.35. The number of hydrogen-bond acceptors (Lipinski definition) is 2. The first-order chi connectivity index (χ1) is 4.60. The number of aliphatic hydroxyl groups is 2. The Labute approximate surface area is 61.2 Å². The molecule has 0 heterocycles. The highest BCUT2D eigenvalue weighted by molar-refractivity contribution is 5.14. The van der Waals surface area contributed by atoms with Gasteiger partial charge < -0.3 is 10.2 Å². The minimum absolute atomic E-state index is 0.0532. The van der Waals surface area contributed by atoms with Crippen molar-refractivity contribution in [3.05, 3.63) is 12.2 Å². The Bertz CT molecular complexity index is 153. The predicted molar refractivity (Wildman–Crippen MR) is 39.6 cm³/mol. The lowest BCUT2D eigenvalue weighted by molar-refractivity contribution is -0.0339. The van der Waals surface area contributed by atoms with Crippen LogP contribution in [-0.2, 0) is 0 Å². The van der Waals surface area contributed by atoms with Crippen molar-refractivity contribution in [1.82, 2.24) is 0 Å². The number of aliphatic hydroxyl groups excluding tert-OH is 1. The minimum atomic E-state index is -0.878. The second kappa shape index (κ2) is 2.36. The summed E-state index contributed by atoms with van der Waals surface area (Å²) >= 11 is 0. The van der Waals surface area contributed by atoms with Crippen LogP contribution in [0.3, 0.4) is 0 Å². The summed E-state index contributed by atoms with van der Waals surface area (Å²) in [5.41, 5.74) is 0.174. The van der Waals surface area contributed by atoms with Gasteiger partial charge in [0, 0.05) is 5.92 Å². The third-order valence-electron chi connectivity index (χ3n) is 2.57. The summed E-state index contributed by atoms with van der Waals surface area (Å²) in [6, 6.07) is 0. The van der Waals surface area contributed by atoms with Gasteiger partial charge >= 0.3 is 0 Å². The van der Waals surface area contributed by atoms with Crippen molar-refractivity contribution in [3.63, 3.8) is 0 Å². The largest absolute Gasteiger partial charge is 0.393 e. The fourth-order valence-electron chi connectivity index (χ4n) is 1.41. The molecule has 0 aromatic rings. The molecule has 2 heteroatoms. The van der Waals surface area contributed by atoms with Crippen molar-refractivity contribution in [2.45, 2.75) is 25.4 Å². The highest BCUT2D eigenvalue weighted by atomic mass is 16.3. The number of hydrogen-bond donors (Lipinski definition) is 2. The van der Waals surface area contributed by atoms with E-state index in [0.717, 1.165) is 12.0 Å². The maximum Gasteiger partial charge on any atom is 0.0942 e. The average Bonchev–Trinajstić information content (AvgIpc) is 2.19. The van der Waals surface area contributed by atoms with E-state index >= 15 is 0 Å². The Morgan fingerprint density at radius 1 is 1.80 bits per heavy atom. The molecule has 0 saturated heterocycles. The summed E-state index contributed by atoms with van der Waals surface area (Å²) in [4.78, 5) is 0. The molecule has 0 aliphatic heterocycles. The normalized spacial score (nSPS) is 40.7. The molecule has 0 aromatic carbocycles. The van der Waals surface area contributed by atoms with Crippen LogP contribution in [0.4, 0.5) is 0 Å². The Kier molecular flexibility index (Phi) is 1.84. The molecule has 0 radical (unpaired) electrons. The van der Waals surface area contributed by atoms with E-state index in [4.69, 9.17) is 5.11 Å². The lowest BCUT2D eigenvalue weighted by Gasteiger charge is -2.24. The Morgan fingerprint density at radius 3 is 2.60 bits per heavy atom. The van der Waals surface area contributed by atoms with Gasteiger partial charge in [-0.1, -0.05) is 19.1 Å². The summed E-state index contributed by atoms with van der Waals surface area (Å²) in [7, 11) is 0. The van der Waals surface area contributed by atoms with Crippen LogP contribution >= 0.6 is 0 Å². The van der Waals surface area contributed by atoms with Gasteiger partial charge in [0.15, 0.2) is 0 Å². The van der Waals surface area contributed by atoms with Crippen LogP contribution in [0.25, 0.3) is 0 Å². The zero-order valence-corrected chi connectivity index (χ0v) is 6.30. The van der Waals surface area contributed by atoms with E-state index in [2.05, 4.69) is 6.58 Å². The Morgan fingerprint density at radius 2 is 2.40 bits per heavy atom. The highest BCUT2D eigenvalue weighted by Crippen LogP contribution is 2.37. The highest BCUT2D eigenvalue weighted by Gasteiger charge is 2.39. The molecule has 2 nitrogen and oxygen atoms in total. The Hall–Kier alpha value is -0.340. The van der Waals surface area contributed by atoms with Gasteiger partial charge in [-0.25, -0.2) is 0 Å². The second-order valence-corrected chi connectivity index (χ2v) is 3.14. The predicted octanol–water partition coefficient (Wildman–Crippen LogP) is 0.696. The smallest absolute Gasteiger partial charge is 0.0942 e. The lowest BCUT2D eigenvalue weighted by atomic mass is 9.92. The van der Waals surface area contributed by atoms with Crippen LogP contribution in [-0.4, -0.2) is 22.4 Å². The first-order valence-electron chi connectivity index (χ1n) is 3.61. The van der Waals surface area contributed by atoms with E-state index in [0.29, 0.717) is 6.42 Å². The molecule has 10 heavy (non-hydrogen) atoms. The quantitative estimate of drug-likeness (QED) is 0.529. The molecule has 1 aliphatic rings. The van der Waals surface area contributed by atoms with Gasteiger partial charge in [-0.3, -0.25) is 0 Å². The van der Waals surface area contributed by atoms with E-state index in [1.807, 2.05) is 6.92 Å². The third kappa shape index (κ3) is 0.976. The van der Waals surface area contributed by atoms with Gasteiger partial charge in [0.1, 0.15) is 0 Å². The van der Waals surface area contributed by atoms with Crippen molar-refractivity contribution in [2.75, 3.05) is 6.61 Å². The molecule has 58 valence electrons. The van der Waals surface area contributed by atoms with Crippen molar-refractivity contribution in [1.29, 1.82) is 0 Å². The molecule has 0 unspecified atom stereocenters. The molecular weight excluding hydrogens is 128 g/mol. The van der Waals surface area contributed by atoms with Crippen LogP contribution in [0.15, 0.2) is 12.2 Å². The summed E-state index contributed by atoms with van der Waals surface area (Å²) in [5, 5.41) is 18.5. The van der Waals surface area contributed by atoms with Crippen molar-refractivity contribution < 1.29 is 10.2 Å². The molecule has 1 rings (SSSR count). The zero-order chi connectivity index (χ0) is 7.78. The molecule has 2 atom stereocenters. The van der Waals surface area contributed by atoms with Crippen LogP contribution in [0.5, 0.6) is 0 Å². The fraction of sp³-hybridized carbons (Fsp3) is 0.750. The summed E-state index contributed by atoms with van der Waals surface area (Å²) in [6.07, 6.45) is 1.50. The van der Waals surface area contributed by atoms with E-state index in [9.17, 15) is 5.11 Å². The standard InChI is InChI=1S/C8H14O2/c1-6-3-4-8(10,5-9)7(6)2/h7,9-10H,1,3-5H2,2H3/t7-,8-/m1/s1. The van der Waals surface area contributed by atoms with Crippen LogP contribution in [0, 0.1) is 5.92 Å². The number of rotatable bonds is 1. The zero-order valence-electron chi connectivity index (χ0n) is 6.30. The molecule has 0 amide bonds.